The molecule has 6 rings (SSSR count). The van der Waals surface area contributed by atoms with Gasteiger partial charge >= 0.3 is 12.2 Å². The van der Waals surface area contributed by atoms with Gasteiger partial charge in [-0.1, -0.05) is 0 Å². The number of amides is 1. The first-order chi connectivity index (χ1) is 20.8. The van der Waals surface area contributed by atoms with Crippen LogP contribution in [0.25, 0.3) is 22.2 Å². The molecule has 236 valence electrons. The monoisotopic (exact) mass is 621 g/mol. The number of alkyl halides is 3. The molecule has 2 atom stereocenters. The van der Waals surface area contributed by atoms with Crippen LogP contribution < -0.4 is 30.7 Å². The Morgan fingerprint density at radius 2 is 1.89 bits per heavy atom. The Morgan fingerprint density at radius 3 is 2.57 bits per heavy atom. The summed E-state index contributed by atoms with van der Waals surface area (Å²) in [6, 6.07) is 0.334. The first kappa shape index (κ1) is 30.0. The summed E-state index contributed by atoms with van der Waals surface area (Å²) in [5.41, 5.74) is 1.16. The largest absolute Gasteiger partial charge is 0.472 e. The minimum atomic E-state index is -5.05. The van der Waals surface area contributed by atoms with Crippen LogP contribution in [0.2, 0.25) is 0 Å². The minimum Gasteiger partial charge on any atom is -0.472 e. The second kappa shape index (κ2) is 11.2. The van der Waals surface area contributed by atoms with Gasteiger partial charge in [0.15, 0.2) is 5.82 Å². The summed E-state index contributed by atoms with van der Waals surface area (Å²) in [4.78, 5) is 26.7. The first-order valence-corrected chi connectivity index (χ1v) is 14.5. The third-order valence-corrected chi connectivity index (χ3v) is 8.53. The number of aromatic nitrogens is 3. The third-order valence-electron chi connectivity index (χ3n) is 8.53. The van der Waals surface area contributed by atoms with Crippen molar-refractivity contribution in [2.45, 2.75) is 76.9 Å². The van der Waals surface area contributed by atoms with E-state index in [0.717, 1.165) is 13.0 Å². The summed E-state index contributed by atoms with van der Waals surface area (Å²) in [7, 11) is 0. The number of hydrogen-bond donors (Lipinski definition) is 3. The second-order valence-electron chi connectivity index (χ2n) is 11.5. The van der Waals surface area contributed by atoms with Gasteiger partial charge in [-0.05, 0) is 51.2 Å². The summed E-state index contributed by atoms with van der Waals surface area (Å²) in [5, 5.41) is 6.29. The number of nitrogens with two attached hydrogens (primary N) is 1. The van der Waals surface area contributed by atoms with Crippen molar-refractivity contribution in [2.75, 3.05) is 30.3 Å². The van der Waals surface area contributed by atoms with Crippen LogP contribution >= 0.6 is 0 Å². The zero-order chi connectivity index (χ0) is 31.5. The smallest absolute Gasteiger partial charge is 0.417 e. The van der Waals surface area contributed by atoms with E-state index in [2.05, 4.69) is 25.6 Å². The van der Waals surface area contributed by atoms with Gasteiger partial charge in [0.25, 0.3) is 0 Å². The van der Waals surface area contributed by atoms with E-state index in [0.29, 0.717) is 51.1 Å². The van der Waals surface area contributed by atoms with Crippen molar-refractivity contribution in [1.29, 1.82) is 0 Å². The van der Waals surface area contributed by atoms with Gasteiger partial charge in [-0.3, -0.25) is 4.79 Å². The predicted molar refractivity (Wildman–Crippen MR) is 151 cm³/mol. The summed E-state index contributed by atoms with van der Waals surface area (Å²) in [6.45, 7) is 5.77. The Bertz CT molecular complexity index is 1630. The van der Waals surface area contributed by atoms with E-state index in [4.69, 9.17) is 15.2 Å². The molecule has 4 heterocycles. The molecule has 3 aromatic rings. The van der Waals surface area contributed by atoms with Crippen molar-refractivity contribution in [3.63, 3.8) is 0 Å². The molecule has 2 aromatic heterocycles. The van der Waals surface area contributed by atoms with Crippen LogP contribution in [-0.2, 0) is 11.0 Å². The zero-order valence-corrected chi connectivity index (χ0v) is 24.3. The van der Waals surface area contributed by atoms with Crippen LogP contribution in [0, 0.1) is 18.6 Å². The number of nitrogens with zero attached hydrogens (tertiary/aromatic N) is 4. The van der Waals surface area contributed by atoms with Crippen molar-refractivity contribution in [2.24, 2.45) is 0 Å². The quantitative estimate of drug-likeness (QED) is 0.289. The second-order valence-corrected chi connectivity index (χ2v) is 11.5. The van der Waals surface area contributed by atoms with E-state index in [1.807, 2.05) is 4.90 Å². The summed E-state index contributed by atoms with van der Waals surface area (Å²) >= 11 is 0. The number of fused-ring (bicyclic) bond motifs is 2. The van der Waals surface area contributed by atoms with Crippen LogP contribution in [0.3, 0.4) is 0 Å². The van der Waals surface area contributed by atoms with Gasteiger partial charge in [-0.2, -0.15) is 23.1 Å². The maximum atomic E-state index is 16.6. The number of hydrogen-bond acceptors (Lipinski definition) is 9. The van der Waals surface area contributed by atoms with Gasteiger partial charge in [0.2, 0.25) is 11.8 Å². The Labute approximate surface area is 249 Å². The van der Waals surface area contributed by atoms with Gasteiger partial charge in [-0.15, -0.1) is 0 Å². The van der Waals surface area contributed by atoms with Crippen molar-refractivity contribution < 1.29 is 36.2 Å². The predicted octanol–water partition coefficient (Wildman–Crippen LogP) is 4.26. The molecular weight excluding hydrogens is 589 g/mol. The molecule has 1 saturated carbocycles. The van der Waals surface area contributed by atoms with E-state index < -0.39 is 52.0 Å². The Balaban J connectivity index is 1.52. The standard InChI is InChI=1S/C29H32F5N7O3/c1-12-21(29(32,33)34)17(10-18(35)22(12)30)24-23(31)25-20-26(41-9-8-36-11-19(41)13(2)43-27(20)38-24)40-28(39-25)44-16-6-4-15(5-7-16)37-14(3)42/h10,13,15-16,19,36H,4-9,11,35H2,1-3H3,(H,37,42)/t13-,15?,16?,19-/m0/s1. The van der Waals surface area contributed by atoms with Crippen LogP contribution in [-0.4, -0.2) is 64.8 Å². The van der Waals surface area contributed by atoms with Gasteiger partial charge < -0.3 is 30.7 Å². The lowest BCUT2D eigenvalue weighted by atomic mass is 9.93. The molecule has 0 unspecified atom stereocenters. The number of benzene rings is 1. The highest BCUT2D eigenvalue weighted by Gasteiger charge is 2.41. The highest BCUT2D eigenvalue weighted by molar-refractivity contribution is 5.97. The number of rotatable bonds is 4. The number of pyridine rings is 1. The van der Waals surface area contributed by atoms with E-state index in [1.54, 1.807) is 6.92 Å². The highest BCUT2D eigenvalue weighted by Crippen LogP contribution is 2.46. The molecule has 44 heavy (non-hydrogen) atoms. The molecule has 2 fully saturated rings. The van der Waals surface area contributed by atoms with Crippen molar-refractivity contribution in [3.05, 3.63) is 28.8 Å². The average molecular weight is 622 g/mol. The van der Waals surface area contributed by atoms with E-state index in [1.165, 1.54) is 6.92 Å². The zero-order valence-electron chi connectivity index (χ0n) is 24.3. The molecule has 3 aliphatic rings. The van der Waals surface area contributed by atoms with E-state index in [9.17, 15) is 22.4 Å². The molecule has 1 saturated heterocycles. The topological polar surface area (TPSA) is 128 Å². The van der Waals surface area contributed by atoms with Crippen molar-refractivity contribution in [1.82, 2.24) is 25.6 Å². The Kier molecular flexibility index (Phi) is 7.62. The van der Waals surface area contributed by atoms with Gasteiger partial charge in [0, 0.05) is 38.2 Å². The van der Waals surface area contributed by atoms with Crippen LogP contribution in [0.1, 0.15) is 50.7 Å². The van der Waals surface area contributed by atoms with Crippen molar-refractivity contribution in [3.8, 4) is 23.1 Å². The number of halogens is 5. The number of nitrogen functional groups attached to an aromatic ring is 1. The molecule has 1 aliphatic carbocycles. The highest BCUT2D eigenvalue weighted by atomic mass is 19.4. The maximum absolute atomic E-state index is 16.6. The van der Waals surface area contributed by atoms with Gasteiger partial charge in [-0.25, -0.2) is 13.8 Å². The molecule has 2 aliphatic heterocycles. The van der Waals surface area contributed by atoms with Crippen LogP contribution in [0.15, 0.2) is 6.07 Å². The maximum Gasteiger partial charge on any atom is 0.417 e. The lowest BCUT2D eigenvalue weighted by molar-refractivity contribution is -0.137. The number of piperazine rings is 1. The lowest BCUT2D eigenvalue weighted by Crippen LogP contribution is -2.56. The van der Waals surface area contributed by atoms with E-state index >= 15 is 4.39 Å². The summed E-state index contributed by atoms with van der Waals surface area (Å²) in [6.07, 6.45) is -3.42. The normalized spacial score (nSPS) is 23.5. The summed E-state index contributed by atoms with van der Waals surface area (Å²) < 4.78 is 86.3. The first-order valence-electron chi connectivity index (χ1n) is 14.5. The van der Waals surface area contributed by atoms with Crippen LogP contribution in [0.5, 0.6) is 11.9 Å². The number of carbonyl (C=O) groups is 1. The lowest BCUT2D eigenvalue weighted by Gasteiger charge is -2.38. The van der Waals surface area contributed by atoms with Crippen molar-refractivity contribution >= 4 is 28.3 Å². The molecular formula is C29H32F5N7O3. The summed E-state index contributed by atoms with van der Waals surface area (Å²) in [5.74, 6) is -2.39. The van der Waals surface area contributed by atoms with Gasteiger partial charge in [0.05, 0.1) is 17.3 Å². The van der Waals surface area contributed by atoms with Gasteiger partial charge in [0.1, 0.15) is 40.4 Å². The van der Waals surface area contributed by atoms with Crippen LogP contribution in [0.4, 0.5) is 33.5 Å². The molecule has 0 bridgehead atoms. The Hall–Kier alpha value is -4.01. The average Bonchev–Trinajstić information content (AvgIpc) is 3.08. The third kappa shape index (κ3) is 5.30. The fraction of sp³-hybridized carbons (Fsp3) is 0.517. The SMILES string of the molecule is CC(=O)NC1CCC(Oc2nc3c4c(nc(-c5cc(N)c(F)c(C)c5C(F)(F)F)c(F)c4n2)O[C@@H](C)[C@@H]2CNCCN32)CC1. The van der Waals surface area contributed by atoms with E-state index in [-0.39, 0.29) is 46.9 Å². The molecule has 15 heteroatoms. The molecule has 0 spiro atoms. The Morgan fingerprint density at radius 1 is 1.16 bits per heavy atom. The number of carbonyl (C=O) groups excluding carboxylic acids is 1. The molecule has 1 amide bonds. The number of ether oxygens (including phenoxy) is 2. The number of anilines is 2. The molecule has 4 N–H and O–H groups in total. The molecule has 10 nitrogen and oxygen atoms in total. The molecule has 0 radical (unpaired) electrons. The molecule has 1 aromatic carbocycles. The fourth-order valence-corrected chi connectivity index (χ4v) is 6.42. The fourth-order valence-electron chi connectivity index (χ4n) is 6.42. The number of nitrogens with one attached hydrogen (secondary N) is 2. The minimum absolute atomic E-state index is 0.0119.